The molecule has 0 spiro atoms. The van der Waals surface area contributed by atoms with Crippen LogP contribution in [-0.4, -0.2) is 40.5 Å². The molecule has 2 heterocycles. The maximum Gasteiger partial charge on any atom is 0.323 e. The van der Waals surface area contributed by atoms with Crippen LogP contribution in [0.1, 0.15) is 0 Å². The molecule has 4 nitrogen and oxygen atoms in total. The smallest absolute Gasteiger partial charge is 0.323 e. The average Bonchev–Trinajstić information content (AvgIpc) is 2.97. The molecule has 0 unspecified atom stereocenters. The van der Waals surface area contributed by atoms with Gasteiger partial charge in [0.15, 0.2) is 5.13 Å². The van der Waals surface area contributed by atoms with Crippen molar-refractivity contribution in [3.8, 4) is 11.3 Å². The molecule has 1 aliphatic rings. The molecule has 3 rings (SSSR count). The van der Waals surface area contributed by atoms with E-state index in [1.54, 1.807) is 0 Å². The minimum atomic E-state index is -0.0673. The Morgan fingerprint density at radius 3 is 2.90 bits per heavy atom. The molecule has 1 fully saturated rings. The molecule has 1 aromatic heterocycles. The zero-order valence-electron chi connectivity index (χ0n) is 11.2. The van der Waals surface area contributed by atoms with E-state index >= 15 is 0 Å². The second-order valence-corrected chi connectivity index (χ2v) is 7.10. The fourth-order valence-electron chi connectivity index (χ4n) is 2.05. The molecule has 0 aliphatic carbocycles. The fraction of sp³-hybridized carbons (Fsp3) is 0.286. The Bertz CT molecular complexity index is 641. The second-order valence-electron chi connectivity index (χ2n) is 4.58. The van der Waals surface area contributed by atoms with Crippen molar-refractivity contribution in [1.29, 1.82) is 0 Å². The van der Waals surface area contributed by atoms with Gasteiger partial charge in [-0.15, -0.1) is 11.3 Å². The molecule has 2 aromatic rings. The van der Waals surface area contributed by atoms with E-state index in [2.05, 4.69) is 10.3 Å². The Hall–Kier alpha value is -1.24. The number of nitrogens with one attached hydrogen (secondary N) is 1. The summed E-state index contributed by atoms with van der Waals surface area (Å²) in [5, 5.41) is 6.09. The molecule has 7 heteroatoms. The Labute approximate surface area is 136 Å². The number of amides is 2. The summed E-state index contributed by atoms with van der Waals surface area (Å²) in [7, 11) is 0. The van der Waals surface area contributed by atoms with E-state index in [-0.39, 0.29) is 6.03 Å². The number of thioether (sulfide) groups is 1. The quantitative estimate of drug-likeness (QED) is 0.898. The summed E-state index contributed by atoms with van der Waals surface area (Å²) in [6.45, 7) is 1.59. The number of anilines is 1. The number of nitrogens with zero attached hydrogens (tertiary/aromatic N) is 2. The summed E-state index contributed by atoms with van der Waals surface area (Å²) >= 11 is 9.29. The van der Waals surface area contributed by atoms with Crippen LogP contribution in [0, 0.1) is 0 Å². The number of thiazole rings is 1. The first-order valence-electron chi connectivity index (χ1n) is 6.57. The van der Waals surface area contributed by atoms with Gasteiger partial charge in [-0.3, -0.25) is 5.32 Å². The molecule has 0 atom stereocenters. The van der Waals surface area contributed by atoms with Crippen LogP contribution in [0.5, 0.6) is 0 Å². The first-order valence-corrected chi connectivity index (χ1v) is 8.99. The van der Waals surface area contributed by atoms with Crippen LogP contribution in [0.4, 0.5) is 9.93 Å². The lowest BCUT2D eigenvalue weighted by molar-refractivity contribution is 0.217. The van der Waals surface area contributed by atoms with Gasteiger partial charge < -0.3 is 4.90 Å². The van der Waals surface area contributed by atoms with Gasteiger partial charge in [0, 0.05) is 40.6 Å². The highest BCUT2D eigenvalue weighted by Gasteiger charge is 2.17. The molecule has 0 saturated carbocycles. The Morgan fingerprint density at radius 1 is 1.33 bits per heavy atom. The standard InChI is InChI=1S/C14H14ClN3OS2/c15-11-3-1-2-10(8-11)12-9-21-13(16-12)17-14(19)18-4-6-20-7-5-18/h1-3,8-9H,4-7H2,(H,16,17,19). The molecule has 1 aromatic carbocycles. The van der Waals surface area contributed by atoms with Gasteiger partial charge >= 0.3 is 6.03 Å². The van der Waals surface area contributed by atoms with Crippen molar-refractivity contribution >= 4 is 45.9 Å². The molecule has 110 valence electrons. The van der Waals surface area contributed by atoms with Crippen LogP contribution < -0.4 is 5.32 Å². The summed E-state index contributed by atoms with van der Waals surface area (Å²) < 4.78 is 0. The Morgan fingerprint density at radius 2 is 2.14 bits per heavy atom. The van der Waals surface area contributed by atoms with Gasteiger partial charge in [0.2, 0.25) is 0 Å². The number of rotatable bonds is 2. The van der Waals surface area contributed by atoms with E-state index in [9.17, 15) is 4.79 Å². The highest BCUT2D eigenvalue weighted by molar-refractivity contribution is 7.99. The van der Waals surface area contributed by atoms with Crippen LogP contribution in [-0.2, 0) is 0 Å². The lowest BCUT2D eigenvalue weighted by Gasteiger charge is -2.25. The monoisotopic (exact) mass is 339 g/mol. The highest BCUT2D eigenvalue weighted by Crippen LogP contribution is 2.27. The van der Waals surface area contributed by atoms with Gasteiger partial charge in [-0.05, 0) is 12.1 Å². The van der Waals surface area contributed by atoms with Crippen molar-refractivity contribution in [3.63, 3.8) is 0 Å². The number of carbonyl (C=O) groups excluding carboxylic acids is 1. The minimum Gasteiger partial charge on any atom is -0.323 e. The van der Waals surface area contributed by atoms with Gasteiger partial charge in [0.1, 0.15) is 0 Å². The lowest BCUT2D eigenvalue weighted by Crippen LogP contribution is -2.40. The summed E-state index contributed by atoms with van der Waals surface area (Å²) in [6, 6.07) is 7.47. The first-order chi connectivity index (χ1) is 10.2. The number of aromatic nitrogens is 1. The molecule has 0 radical (unpaired) electrons. The number of benzene rings is 1. The summed E-state index contributed by atoms with van der Waals surface area (Å²) in [4.78, 5) is 18.4. The number of hydrogen-bond donors (Lipinski definition) is 1. The van der Waals surface area contributed by atoms with Crippen molar-refractivity contribution in [2.45, 2.75) is 0 Å². The summed E-state index contributed by atoms with van der Waals surface area (Å²) in [5.74, 6) is 2.00. The molecule has 21 heavy (non-hydrogen) atoms. The van der Waals surface area contributed by atoms with E-state index in [0.29, 0.717) is 10.2 Å². The van der Waals surface area contributed by atoms with E-state index in [0.717, 1.165) is 35.9 Å². The fourth-order valence-corrected chi connectivity index (χ4v) is 3.85. The van der Waals surface area contributed by atoms with Crippen molar-refractivity contribution in [3.05, 3.63) is 34.7 Å². The SMILES string of the molecule is O=C(Nc1nc(-c2cccc(Cl)c2)cs1)N1CCSCC1. The molecular weight excluding hydrogens is 326 g/mol. The minimum absolute atomic E-state index is 0.0673. The van der Waals surface area contributed by atoms with Gasteiger partial charge in [-0.2, -0.15) is 11.8 Å². The van der Waals surface area contributed by atoms with Crippen molar-refractivity contribution in [1.82, 2.24) is 9.88 Å². The zero-order valence-corrected chi connectivity index (χ0v) is 13.6. The van der Waals surface area contributed by atoms with E-state index in [1.165, 1.54) is 11.3 Å². The first kappa shape index (κ1) is 14.7. The van der Waals surface area contributed by atoms with E-state index in [1.807, 2.05) is 46.3 Å². The normalized spacial score (nSPS) is 15.0. The molecule has 2 amide bonds. The van der Waals surface area contributed by atoms with Crippen LogP contribution in [0.3, 0.4) is 0 Å². The average molecular weight is 340 g/mol. The highest BCUT2D eigenvalue weighted by atomic mass is 35.5. The van der Waals surface area contributed by atoms with Crippen molar-refractivity contribution < 1.29 is 4.79 Å². The van der Waals surface area contributed by atoms with Gasteiger partial charge in [0.25, 0.3) is 0 Å². The molecule has 1 saturated heterocycles. The summed E-state index contributed by atoms with van der Waals surface area (Å²) in [6.07, 6.45) is 0. The number of carbonyl (C=O) groups is 1. The number of urea groups is 1. The van der Waals surface area contributed by atoms with E-state index < -0.39 is 0 Å². The molecule has 1 N–H and O–H groups in total. The maximum atomic E-state index is 12.1. The summed E-state index contributed by atoms with van der Waals surface area (Å²) in [5.41, 5.74) is 1.78. The lowest BCUT2D eigenvalue weighted by atomic mass is 10.2. The number of halogens is 1. The second kappa shape index (κ2) is 6.68. The molecule has 0 bridgehead atoms. The van der Waals surface area contributed by atoms with Gasteiger partial charge in [-0.1, -0.05) is 23.7 Å². The number of hydrogen-bond acceptors (Lipinski definition) is 4. The van der Waals surface area contributed by atoms with Gasteiger partial charge in [0.05, 0.1) is 5.69 Å². The zero-order chi connectivity index (χ0) is 14.7. The third kappa shape index (κ3) is 3.70. The van der Waals surface area contributed by atoms with E-state index in [4.69, 9.17) is 11.6 Å². The van der Waals surface area contributed by atoms with Crippen LogP contribution in [0.2, 0.25) is 5.02 Å². The van der Waals surface area contributed by atoms with Crippen LogP contribution in [0.25, 0.3) is 11.3 Å². The molecular formula is C14H14ClN3OS2. The topological polar surface area (TPSA) is 45.2 Å². The predicted molar refractivity (Wildman–Crippen MR) is 90.5 cm³/mol. The van der Waals surface area contributed by atoms with Crippen molar-refractivity contribution in [2.24, 2.45) is 0 Å². The van der Waals surface area contributed by atoms with Crippen LogP contribution >= 0.6 is 34.7 Å². The third-order valence-electron chi connectivity index (χ3n) is 3.14. The Kier molecular flexibility index (Phi) is 4.67. The Balaban J connectivity index is 1.69. The maximum absolute atomic E-state index is 12.1. The largest absolute Gasteiger partial charge is 0.323 e. The van der Waals surface area contributed by atoms with Crippen molar-refractivity contribution in [2.75, 3.05) is 29.9 Å². The van der Waals surface area contributed by atoms with Crippen LogP contribution in [0.15, 0.2) is 29.6 Å². The predicted octanol–water partition coefficient (Wildman–Crippen LogP) is 4.04. The third-order valence-corrected chi connectivity index (χ3v) is 5.07. The molecule has 1 aliphatic heterocycles. The van der Waals surface area contributed by atoms with Gasteiger partial charge in [-0.25, -0.2) is 9.78 Å².